The van der Waals surface area contributed by atoms with Crippen LogP contribution in [0.5, 0.6) is 0 Å². The van der Waals surface area contributed by atoms with Crippen LogP contribution in [0.25, 0.3) is 0 Å². The van der Waals surface area contributed by atoms with Crippen molar-refractivity contribution in [2.24, 2.45) is 0 Å². The molecule has 2 rings (SSSR count). The lowest BCUT2D eigenvalue weighted by molar-refractivity contribution is -0.510. The van der Waals surface area contributed by atoms with E-state index in [0.29, 0.717) is 27.1 Å². The molecule has 0 aromatic carbocycles. The molecule has 1 saturated heterocycles. The van der Waals surface area contributed by atoms with Gasteiger partial charge in [-0.05, 0) is 32.9 Å². The van der Waals surface area contributed by atoms with Crippen molar-refractivity contribution in [2.45, 2.75) is 26.2 Å². The molecule has 6 nitrogen and oxygen atoms in total. The summed E-state index contributed by atoms with van der Waals surface area (Å²) in [6.07, 6.45) is 4.10. The fourth-order valence-electron chi connectivity index (χ4n) is 2.08. The van der Waals surface area contributed by atoms with E-state index in [4.69, 9.17) is 0 Å². The van der Waals surface area contributed by atoms with Crippen LogP contribution < -0.4 is 4.43 Å². The maximum absolute atomic E-state index is 11.5. The third kappa shape index (κ3) is 2.21. The molecule has 1 fully saturated rings. The highest BCUT2D eigenvalue weighted by molar-refractivity contribution is 5.04. The van der Waals surface area contributed by atoms with E-state index in [1.165, 1.54) is 12.8 Å². The van der Waals surface area contributed by atoms with Crippen LogP contribution in [0.4, 0.5) is 0 Å². The van der Waals surface area contributed by atoms with Gasteiger partial charge >= 0.3 is 6.33 Å². The van der Waals surface area contributed by atoms with Gasteiger partial charge in [0.1, 0.15) is 0 Å². The molecule has 1 aromatic heterocycles. The largest absolute Gasteiger partial charge is 0.773 e. The monoisotopic (exact) mass is 224 g/mol. The van der Waals surface area contributed by atoms with Crippen LogP contribution in [-0.4, -0.2) is 34.5 Å². The zero-order valence-electron chi connectivity index (χ0n) is 9.43. The van der Waals surface area contributed by atoms with Crippen molar-refractivity contribution >= 4 is 0 Å². The molecule has 0 amide bonds. The third-order valence-electron chi connectivity index (χ3n) is 3.10. The second-order valence-electron chi connectivity index (χ2n) is 4.16. The van der Waals surface area contributed by atoms with Gasteiger partial charge in [0, 0.05) is 22.5 Å². The summed E-state index contributed by atoms with van der Waals surface area (Å²) in [6.45, 7) is 4.67. The van der Waals surface area contributed by atoms with Gasteiger partial charge in [0.15, 0.2) is 5.69 Å². The molecule has 1 aromatic rings. The first-order chi connectivity index (χ1) is 7.68. The fourth-order valence-corrected chi connectivity index (χ4v) is 2.08. The van der Waals surface area contributed by atoms with Crippen molar-refractivity contribution in [1.82, 2.24) is 14.8 Å². The van der Waals surface area contributed by atoms with Crippen molar-refractivity contribution in [2.75, 3.05) is 19.6 Å². The van der Waals surface area contributed by atoms with Gasteiger partial charge in [-0.2, -0.15) is 4.85 Å². The molecule has 0 N–H and O–H groups in total. The van der Waals surface area contributed by atoms with Gasteiger partial charge in [0.05, 0.1) is 5.69 Å². The smallest absolute Gasteiger partial charge is 0.355 e. The summed E-state index contributed by atoms with van der Waals surface area (Å²) in [7, 11) is 0. The number of nitrogens with zero attached hydrogens (tertiary/aromatic N) is 4. The van der Waals surface area contributed by atoms with Crippen LogP contribution >= 0.6 is 0 Å². The lowest BCUT2D eigenvalue weighted by atomic mass is 10.2. The normalized spacial score (nSPS) is 16.8. The van der Waals surface area contributed by atoms with Gasteiger partial charge < -0.3 is 10.1 Å². The van der Waals surface area contributed by atoms with Crippen molar-refractivity contribution in [3.05, 3.63) is 27.8 Å². The SMILES string of the molecule is Cc1c(CCN2CCCC2)[n+](=O)cnn1[O-]. The minimum absolute atomic E-state index is 0.400. The summed E-state index contributed by atoms with van der Waals surface area (Å²) in [4.78, 5) is 14.3. The molecule has 0 saturated carbocycles. The average molecular weight is 224 g/mol. The van der Waals surface area contributed by atoms with Gasteiger partial charge in [0.2, 0.25) is 0 Å². The Kier molecular flexibility index (Phi) is 3.19. The molecule has 1 aliphatic heterocycles. The summed E-state index contributed by atoms with van der Waals surface area (Å²) in [5.41, 5.74) is 0.925. The highest BCUT2D eigenvalue weighted by atomic mass is 16.5. The summed E-state index contributed by atoms with van der Waals surface area (Å²) in [5, 5.41) is 14.6. The molecule has 0 unspecified atom stereocenters. The molecular formula is C10H16N4O2. The maximum atomic E-state index is 11.5. The van der Waals surface area contributed by atoms with Gasteiger partial charge in [-0.3, -0.25) is 0 Å². The molecule has 0 bridgehead atoms. The first kappa shape index (κ1) is 11.1. The van der Waals surface area contributed by atoms with Crippen LogP contribution in [-0.2, 0) is 6.42 Å². The van der Waals surface area contributed by atoms with E-state index in [9.17, 15) is 10.1 Å². The first-order valence-corrected chi connectivity index (χ1v) is 5.58. The lowest BCUT2D eigenvalue weighted by Crippen LogP contribution is -2.31. The summed E-state index contributed by atoms with van der Waals surface area (Å²) in [5.74, 6) is 0. The number of likely N-dealkylation sites (tertiary alicyclic amines) is 1. The molecule has 88 valence electrons. The van der Waals surface area contributed by atoms with E-state index >= 15 is 0 Å². The van der Waals surface area contributed by atoms with Crippen LogP contribution in [0.2, 0.25) is 0 Å². The fraction of sp³-hybridized carbons (Fsp3) is 0.700. The van der Waals surface area contributed by atoms with E-state index in [2.05, 4.69) is 10.00 Å². The third-order valence-corrected chi connectivity index (χ3v) is 3.10. The zero-order chi connectivity index (χ0) is 11.5. The Morgan fingerprint density at radius 1 is 1.50 bits per heavy atom. The van der Waals surface area contributed by atoms with Crippen molar-refractivity contribution in [3.63, 3.8) is 0 Å². The zero-order valence-corrected chi connectivity index (χ0v) is 9.43. The molecule has 2 heterocycles. The molecule has 0 radical (unpaired) electrons. The second kappa shape index (κ2) is 4.61. The number of hydrogen-bond acceptors (Lipinski definition) is 4. The Labute approximate surface area is 93.7 Å². The highest BCUT2D eigenvalue weighted by Gasteiger charge is 2.16. The minimum Gasteiger partial charge on any atom is -0.773 e. The Balaban J connectivity index is 2.08. The van der Waals surface area contributed by atoms with E-state index in [1.807, 2.05) is 0 Å². The Hall–Kier alpha value is -1.43. The molecular weight excluding hydrogens is 208 g/mol. The van der Waals surface area contributed by atoms with Gasteiger partial charge in [-0.25, -0.2) is 0 Å². The van der Waals surface area contributed by atoms with Gasteiger partial charge in [-0.1, -0.05) is 4.91 Å². The predicted molar refractivity (Wildman–Crippen MR) is 58.5 cm³/mol. The Morgan fingerprint density at radius 3 is 2.88 bits per heavy atom. The number of hydrogen-bond donors (Lipinski definition) is 0. The first-order valence-electron chi connectivity index (χ1n) is 5.58. The van der Waals surface area contributed by atoms with Crippen LogP contribution in [0.1, 0.15) is 24.2 Å². The molecule has 0 spiro atoms. The topological polar surface area (TPSA) is 67.1 Å². The molecule has 1 aliphatic rings. The minimum atomic E-state index is 0.400. The molecule has 0 atom stereocenters. The van der Waals surface area contributed by atoms with Crippen LogP contribution in [0.15, 0.2) is 6.33 Å². The Bertz CT molecular complexity index is 423. The average Bonchev–Trinajstić information content (AvgIpc) is 2.77. The summed E-state index contributed by atoms with van der Waals surface area (Å²) in [6, 6.07) is 0. The molecule has 0 aliphatic carbocycles. The highest BCUT2D eigenvalue weighted by Crippen LogP contribution is 2.08. The van der Waals surface area contributed by atoms with E-state index in [0.717, 1.165) is 26.0 Å². The van der Waals surface area contributed by atoms with E-state index in [-0.39, 0.29) is 0 Å². The second-order valence-corrected chi connectivity index (χ2v) is 4.16. The number of aromatic nitrogens is 3. The number of rotatable bonds is 3. The molecule has 6 heteroatoms. The van der Waals surface area contributed by atoms with Crippen LogP contribution in [0, 0.1) is 17.0 Å². The maximum Gasteiger partial charge on any atom is 0.355 e. The van der Waals surface area contributed by atoms with Crippen molar-refractivity contribution in [1.29, 1.82) is 0 Å². The standard InChI is InChI=1S/C10H16N4O2/c1-9-10(13(15)8-11-14(9)16)4-7-12-5-2-3-6-12/h8H,2-7H2,1H3. The summed E-state index contributed by atoms with van der Waals surface area (Å²) >= 11 is 0. The van der Waals surface area contributed by atoms with Crippen LogP contribution in [0.3, 0.4) is 0 Å². The van der Waals surface area contributed by atoms with E-state index in [1.54, 1.807) is 6.92 Å². The summed E-state index contributed by atoms with van der Waals surface area (Å²) < 4.78 is 0.694. The van der Waals surface area contributed by atoms with E-state index < -0.39 is 0 Å². The quantitative estimate of drug-likeness (QED) is 0.682. The lowest BCUT2D eigenvalue weighted by Gasteiger charge is -2.14. The van der Waals surface area contributed by atoms with Crippen molar-refractivity contribution in [3.8, 4) is 0 Å². The van der Waals surface area contributed by atoms with Gasteiger partial charge in [0.25, 0.3) is 0 Å². The molecule has 16 heavy (non-hydrogen) atoms. The van der Waals surface area contributed by atoms with Gasteiger partial charge in [-0.15, -0.1) is 0 Å². The Morgan fingerprint density at radius 2 is 2.19 bits per heavy atom. The predicted octanol–water partition coefficient (Wildman–Crippen LogP) is 0.0902. The van der Waals surface area contributed by atoms with Crippen molar-refractivity contribution < 1.29 is 4.43 Å².